The van der Waals surface area contributed by atoms with Gasteiger partial charge in [0, 0.05) is 43.9 Å². The number of carbonyl (C=O) groups excluding carboxylic acids is 1. The number of benzene rings is 1. The van der Waals surface area contributed by atoms with Gasteiger partial charge in [-0.05, 0) is 39.2 Å². The highest BCUT2D eigenvalue weighted by molar-refractivity contribution is 5.68. The maximum absolute atomic E-state index is 13.5. The van der Waals surface area contributed by atoms with Crippen LogP contribution >= 0.6 is 0 Å². The summed E-state index contributed by atoms with van der Waals surface area (Å²) >= 11 is 0. The van der Waals surface area contributed by atoms with Crippen molar-refractivity contribution in [3.8, 4) is 0 Å². The van der Waals surface area contributed by atoms with E-state index in [-0.39, 0.29) is 17.6 Å². The molecule has 160 valence electrons. The van der Waals surface area contributed by atoms with E-state index >= 15 is 0 Å². The molecule has 1 heterocycles. The number of piperazine rings is 1. The Balaban J connectivity index is 1.77. The van der Waals surface area contributed by atoms with E-state index in [4.69, 9.17) is 4.74 Å². The minimum absolute atomic E-state index is 0.0000862. The van der Waals surface area contributed by atoms with Crippen LogP contribution in [0.4, 0.5) is 23.7 Å². The number of nitro benzene ring substituents is 1. The van der Waals surface area contributed by atoms with Gasteiger partial charge in [-0.1, -0.05) is 6.07 Å². The third-order valence-electron chi connectivity index (χ3n) is 5.25. The SMILES string of the molecule is CC(C)(C)OC(=O)N1CCN(Cc2ccc([N+](=O)[O-])cc2C(F)(F)F)C2(CC2)C1. The number of ether oxygens (including phenoxy) is 1. The Kier molecular flexibility index (Phi) is 5.27. The van der Waals surface area contributed by atoms with E-state index in [9.17, 15) is 28.1 Å². The van der Waals surface area contributed by atoms with Crippen molar-refractivity contribution in [2.75, 3.05) is 19.6 Å². The summed E-state index contributed by atoms with van der Waals surface area (Å²) in [4.78, 5) is 25.9. The van der Waals surface area contributed by atoms with Crippen LogP contribution in [0.15, 0.2) is 18.2 Å². The molecule has 0 N–H and O–H groups in total. The molecule has 1 saturated carbocycles. The van der Waals surface area contributed by atoms with Crippen LogP contribution in [0.2, 0.25) is 0 Å². The molecule has 1 aromatic rings. The minimum atomic E-state index is -4.68. The topological polar surface area (TPSA) is 75.9 Å². The second kappa shape index (κ2) is 7.16. The molecule has 0 aromatic heterocycles. The van der Waals surface area contributed by atoms with Crippen LogP contribution in [-0.4, -0.2) is 51.6 Å². The smallest absolute Gasteiger partial charge is 0.416 e. The molecule has 7 nitrogen and oxygen atoms in total. The Morgan fingerprint density at radius 2 is 1.90 bits per heavy atom. The average molecular weight is 415 g/mol. The molecule has 0 radical (unpaired) electrons. The zero-order valence-corrected chi connectivity index (χ0v) is 16.6. The van der Waals surface area contributed by atoms with Gasteiger partial charge in [-0.3, -0.25) is 15.0 Å². The first-order chi connectivity index (χ1) is 13.3. The predicted octanol–water partition coefficient (Wildman–Crippen LogP) is 4.20. The summed E-state index contributed by atoms with van der Waals surface area (Å²) in [6.07, 6.45) is -3.55. The molecule has 2 aliphatic rings. The van der Waals surface area contributed by atoms with Gasteiger partial charge in [0.15, 0.2) is 0 Å². The van der Waals surface area contributed by atoms with E-state index in [0.717, 1.165) is 18.9 Å². The van der Waals surface area contributed by atoms with Crippen LogP contribution < -0.4 is 0 Å². The fraction of sp³-hybridized carbons (Fsp3) is 0.632. The molecular weight excluding hydrogens is 391 g/mol. The molecule has 1 aliphatic carbocycles. The third kappa shape index (κ3) is 4.80. The molecule has 0 bridgehead atoms. The lowest BCUT2D eigenvalue weighted by Gasteiger charge is -2.42. The quantitative estimate of drug-likeness (QED) is 0.546. The van der Waals surface area contributed by atoms with E-state index in [1.54, 1.807) is 25.7 Å². The van der Waals surface area contributed by atoms with Gasteiger partial charge in [-0.25, -0.2) is 4.79 Å². The van der Waals surface area contributed by atoms with Crippen molar-refractivity contribution in [1.29, 1.82) is 0 Å². The second-order valence-electron chi connectivity index (χ2n) is 8.64. The zero-order chi connectivity index (χ0) is 21.6. The number of carbonyl (C=O) groups is 1. The summed E-state index contributed by atoms with van der Waals surface area (Å²) in [5.74, 6) is 0. The summed E-state index contributed by atoms with van der Waals surface area (Å²) < 4.78 is 45.8. The molecule has 29 heavy (non-hydrogen) atoms. The number of halogens is 3. The van der Waals surface area contributed by atoms with Crippen molar-refractivity contribution in [2.45, 2.75) is 57.5 Å². The highest BCUT2D eigenvalue weighted by Crippen LogP contribution is 2.46. The fourth-order valence-electron chi connectivity index (χ4n) is 3.65. The van der Waals surface area contributed by atoms with Gasteiger partial charge < -0.3 is 9.64 Å². The number of hydrogen-bond donors (Lipinski definition) is 0. The predicted molar refractivity (Wildman–Crippen MR) is 98.3 cm³/mol. The number of alkyl halides is 3. The molecular formula is C19H24F3N3O4. The summed E-state index contributed by atoms with van der Waals surface area (Å²) in [7, 11) is 0. The van der Waals surface area contributed by atoms with E-state index in [2.05, 4.69) is 0 Å². The van der Waals surface area contributed by atoms with Gasteiger partial charge in [-0.15, -0.1) is 0 Å². The summed E-state index contributed by atoms with van der Waals surface area (Å²) in [6, 6.07) is 2.87. The molecule has 1 spiro atoms. The van der Waals surface area contributed by atoms with E-state index in [0.29, 0.717) is 25.7 Å². The number of nitrogens with zero attached hydrogens (tertiary/aromatic N) is 3. The number of hydrogen-bond acceptors (Lipinski definition) is 5. The van der Waals surface area contributed by atoms with Gasteiger partial charge in [0.2, 0.25) is 0 Å². The van der Waals surface area contributed by atoms with Crippen molar-refractivity contribution < 1.29 is 27.6 Å². The molecule has 2 fully saturated rings. The zero-order valence-electron chi connectivity index (χ0n) is 16.6. The van der Waals surface area contributed by atoms with Crippen molar-refractivity contribution in [3.63, 3.8) is 0 Å². The largest absolute Gasteiger partial charge is 0.444 e. The summed E-state index contributed by atoms with van der Waals surface area (Å²) in [6.45, 7) is 6.52. The third-order valence-corrected chi connectivity index (χ3v) is 5.25. The first kappa shape index (κ1) is 21.4. The fourth-order valence-corrected chi connectivity index (χ4v) is 3.65. The number of rotatable bonds is 3. The molecule has 10 heteroatoms. The molecule has 1 saturated heterocycles. The van der Waals surface area contributed by atoms with Crippen molar-refractivity contribution in [1.82, 2.24) is 9.80 Å². The Labute approximate surface area is 166 Å². The average Bonchev–Trinajstić information content (AvgIpc) is 3.34. The molecule has 1 aromatic carbocycles. The molecule has 1 aliphatic heterocycles. The van der Waals surface area contributed by atoms with Crippen LogP contribution in [0.25, 0.3) is 0 Å². The Morgan fingerprint density at radius 1 is 1.24 bits per heavy atom. The Hall–Kier alpha value is -2.36. The van der Waals surface area contributed by atoms with Gasteiger partial charge in [0.1, 0.15) is 5.60 Å². The van der Waals surface area contributed by atoms with E-state index in [1.165, 1.54) is 6.07 Å². The van der Waals surface area contributed by atoms with E-state index in [1.807, 2.05) is 4.90 Å². The van der Waals surface area contributed by atoms with Crippen molar-refractivity contribution in [2.24, 2.45) is 0 Å². The van der Waals surface area contributed by atoms with E-state index < -0.39 is 34.0 Å². The van der Waals surface area contributed by atoms with Gasteiger partial charge in [0.25, 0.3) is 5.69 Å². The standard InChI is InChI=1S/C19H24F3N3O4/c1-17(2,3)29-16(26)23-8-9-24(18(12-23)6-7-18)11-13-4-5-14(25(27)28)10-15(13)19(20,21)22/h4-5,10H,6-9,11-12H2,1-3H3. The molecule has 3 rings (SSSR count). The van der Waals surface area contributed by atoms with Crippen LogP contribution in [0.1, 0.15) is 44.7 Å². The van der Waals surface area contributed by atoms with Crippen molar-refractivity contribution in [3.05, 3.63) is 39.4 Å². The molecule has 0 atom stereocenters. The normalized spacial score (nSPS) is 19.3. The number of nitro groups is 1. The van der Waals surface area contributed by atoms with Crippen LogP contribution in [0, 0.1) is 10.1 Å². The summed E-state index contributed by atoms with van der Waals surface area (Å²) in [5.41, 5.74) is -2.56. The number of amides is 1. The first-order valence-corrected chi connectivity index (χ1v) is 9.38. The van der Waals surface area contributed by atoms with Gasteiger partial charge >= 0.3 is 12.3 Å². The summed E-state index contributed by atoms with van der Waals surface area (Å²) in [5, 5.41) is 10.9. The van der Waals surface area contributed by atoms with Gasteiger partial charge in [-0.2, -0.15) is 13.2 Å². The Morgan fingerprint density at radius 3 is 2.41 bits per heavy atom. The number of non-ortho nitro benzene ring substituents is 1. The molecule has 1 amide bonds. The minimum Gasteiger partial charge on any atom is -0.444 e. The monoisotopic (exact) mass is 415 g/mol. The van der Waals surface area contributed by atoms with Crippen LogP contribution in [0.5, 0.6) is 0 Å². The maximum atomic E-state index is 13.5. The lowest BCUT2D eigenvalue weighted by molar-refractivity contribution is -0.385. The van der Waals surface area contributed by atoms with Crippen molar-refractivity contribution >= 4 is 11.8 Å². The maximum Gasteiger partial charge on any atom is 0.416 e. The highest BCUT2D eigenvalue weighted by Gasteiger charge is 2.52. The lowest BCUT2D eigenvalue weighted by atomic mass is 10.0. The lowest BCUT2D eigenvalue weighted by Crippen LogP contribution is -2.56. The second-order valence-corrected chi connectivity index (χ2v) is 8.64. The van der Waals surface area contributed by atoms with Crippen LogP contribution in [0.3, 0.4) is 0 Å². The first-order valence-electron chi connectivity index (χ1n) is 9.38. The van der Waals surface area contributed by atoms with Crippen LogP contribution in [-0.2, 0) is 17.5 Å². The molecule has 0 unspecified atom stereocenters. The Bertz CT molecular complexity index is 816. The van der Waals surface area contributed by atoms with Gasteiger partial charge in [0.05, 0.1) is 10.5 Å². The highest BCUT2D eigenvalue weighted by atomic mass is 19.4.